The van der Waals surface area contributed by atoms with Gasteiger partial charge in [0, 0.05) is 18.9 Å². The van der Waals surface area contributed by atoms with E-state index in [1.54, 1.807) is 23.4 Å². The van der Waals surface area contributed by atoms with Gasteiger partial charge in [-0.1, -0.05) is 12.1 Å². The predicted molar refractivity (Wildman–Crippen MR) is 57.5 cm³/mol. The van der Waals surface area contributed by atoms with Crippen LogP contribution < -0.4 is 0 Å². The number of hydrogen-bond donors (Lipinski definition) is 1. The summed E-state index contributed by atoms with van der Waals surface area (Å²) in [4.78, 5) is 3.96. The van der Waals surface area contributed by atoms with Crippen molar-refractivity contribution in [2.45, 2.75) is 32.5 Å². The average molecular weight is 221 g/mol. The largest absolute Gasteiger partial charge is 0.387 e. The summed E-state index contributed by atoms with van der Waals surface area (Å²) in [6.45, 7) is 3.43. The molecule has 2 aromatic heterocycles. The Kier molecular flexibility index (Phi) is 3.31. The van der Waals surface area contributed by atoms with Crippen molar-refractivity contribution in [2.75, 3.05) is 0 Å². The molecule has 2 aromatic rings. The molecule has 0 aromatic carbocycles. The number of hydrogen-bond acceptors (Lipinski definition) is 4. The van der Waals surface area contributed by atoms with Crippen LogP contribution in [0.15, 0.2) is 24.9 Å². The van der Waals surface area contributed by atoms with E-state index in [1.165, 1.54) is 0 Å². The van der Waals surface area contributed by atoms with Gasteiger partial charge in [0.15, 0.2) is 0 Å². The fourth-order valence-electron chi connectivity index (χ4n) is 1.42. The van der Waals surface area contributed by atoms with Gasteiger partial charge in [-0.25, -0.2) is 4.98 Å². The minimum Gasteiger partial charge on any atom is -0.387 e. The van der Waals surface area contributed by atoms with E-state index in [0.29, 0.717) is 12.1 Å². The van der Waals surface area contributed by atoms with E-state index >= 15 is 0 Å². The number of aryl methyl sites for hydroxylation is 2. The molecule has 0 spiro atoms. The van der Waals surface area contributed by atoms with Crippen LogP contribution in [0.4, 0.5) is 0 Å². The standard InChI is InChI=1S/C10H15N5O/c1-2-10(16)9-7-15(13-12-9)6-5-14-4-3-11-8-14/h3-4,7-8,10,16H,2,5-6H2,1H3. The normalized spacial score (nSPS) is 12.9. The summed E-state index contributed by atoms with van der Waals surface area (Å²) in [6, 6.07) is 0. The third-order valence-corrected chi connectivity index (χ3v) is 2.43. The van der Waals surface area contributed by atoms with Gasteiger partial charge in [0.1, 0.15) is 5.69 Å². The molecular formula is C10H15N5O. The minimum atomic E-state index is -0.512. The molecule has 0 radical (unpaired) electrons. The Bertz CT molecular complexity index is 422. The van der Waals surface area contributed by atoms with Gasteiger partial charge in [0.05, 0.1) is 25.2 Å². The first-order chi connectivity index (χ1) is 7.79. The minimum absolute atomic E-state index is 0.512. The number of aromatic nitrogens is 5. The van der Waals surface area contributed by atoms with Crippen molar-refractivity contribution in [3.8, 4) is 0 Å². The highest BCUT2D eigenvalue weighted by atomic mass is 16.3. The monoisotopic (exact) mass is 221 g/mol. The van der Waals surface area contributed by atoms with Gasteiger partial charge in [0.25, 0.3) is 0 Å². The molecule has 0 aliphatic carbocycles. The van der Waals surface area contributed by atoms with E-state index in [4.69, 9.17) is 0 Å². The topological polar surface area (TPSA) is 68.8 Å². The predicted octanol–water partition coefficient (Wildman–Crippen LogP) is 0.618. The highest BCUT2D eigenvalue weighted by molar-refractivity contribution is 4.96. The van der Waals surface area contributed by atoms with Crippen molar-refractivity contribution >= 4 is 0 Å². The van der Waals surface area contributed by atoms with E-state index in [-0.39, 0.29) is 0 Å². The Morgan fingerprint density at radius 1 is 1.44 bits per heavy atom. The van der Waals surface area contributed by atoms with Crippen LogP contribution in [0.1, 0.15) is 25.1 Å². The van der Waals surface area contributed by atoms with Gasteiger partial charge >= 0.3 is 0 Å². The average Bonchev–Trinajstić information content (AvgIpc) is 2.96. The maximum absolute atomic E-state index is 9.56. The van der Waals surface area contributed by atoms with Crippen LogP contribution in [-0.4, -0.2) is 29.7 Å². The number of rotatable bonds is 5. The van der Waals surface area contributed by atoms with E-state index in [1.807, 2.05) is 17.7 Å². The van der Waals surface area contributed by atoms with Crippen LogP contribution in [0.25, 0.3) is 0 Å². The summed E-state index contributed by atoms with van der Waals surface area (Å²) in [7, 11) is 0. The quantitative estimate of drug-likeness (QED) is 0.803. The summed E-state index contributed by atoms with van der Waals surface area (Å²) in [5, 5.41) is 17.4. The second-order valence-corrected chi connectivity index (χ2v) is 3.63. The first-order valence-corrected chi connectivity index (χ1v) is 5.33. The lowest BCUT2D eigenvalue weighted by molar-refractivity contribution is 0.168. The van der Waals surface area contributed by atoms with Crippen molar-refractivity contribution in [1.29, 1.82) is 0 Å². The fraction of sp³-hybridized carbons (Fsp3) is 0.500. The molecule has 0 aliphatic rings. The molecule has 0 amide bonds. The van der Waals surface area contributed by atoms with Crippen LogP contribution in [0.3, 0.4) is 0 Å². The van der Waals surface area contributed by atoms with Crippen LogP contribution in [0.2, 0.25) is 0 Å². The van der Waals surface area contributed by atoms with Gasteiger partial charge in [-0.05, 0) is 6.42 Å². The lowest BCUT2D eigenvalue weighted by Crippen LogP contribution is -2.06. The third kappa shape index (κ3) is 2.46. The van der Waals surface area contributed by atoms with Gasteiger partial charge in [-0.15, -0.1) is 5.10 Å². The van der Waals surface area contributed by atoms with E-state index in [2.05, 4.69) is 15.3 Å². The van der Waals surface area contributed by atoms with Gasteiger partial charge in [-0.3, -0.25) is 4.68 Å². The Morgan fingerprint density at radius 3 is 3.00 bits per heavy atom. The molecular weight excluding hydrogens is 206 g/mol. The second kappa shape index (κ2) is 4.89. The van der Waals surface area contributed by atoms with Crippen molar-refractivity contribution in [1.82, 2.24) is 24.5 Å². The van der Waals surface area contributed by atoms with E-state index < -0.39 is 6.10 Å². The maximum Gasteiger partial charge on any atom is 0.111 e. The molecule has 0 fully saturated rings. The Morgan fingerprint density at radius 2 is 2.31 bits per heavy atom. The van der Waals surface area contributed by atoms with Crippen LogP contribution in [0.5, 0.6) is 0 Å². The molecule has 0 aliphatic heterocycles. The molecule has 0 saturated carbocycles. The zero-order chi connectivity index (χ0) is 11.4. The first kappa shape index (κ1) is 10.8. The molecule has 2 rings (SSSR count). The number of aliphatic hydroxyl groups excluding tert-OH is 1. The van der Waals surface area contributed by atoms with Crippen molar-refractivity contribution in [3.63, 3.8) is 0 Å². The molecule has 1 unspecified atom stereocenters. The third-order valence-electron chi connectivity index (χ3n) is 2.43. The number of nitrogens with zero attached hydrogens (tertiary/aromatic N) is 5. The van der Waals surface area contributed by atoms with Crippen molar-refractivity contribution in [2.24, 2.45) is 0 Å². The van der Waals surface area contributed by atoms with Gasteiger partial charge in [-0.2, -0.15) is 0 Å². The molecule has 2 heterocycles. The van der Waals surface area contributed by atoms with Gasteiger partial charge < -0.3 is 9.67 Å². The molecule has 86 valence electrons. The molecule has 1 atom stereocenters. The zero-order valence-corrected chi connectivity index (χ0v) is 9.19. The molecule has 16 heavy (non-hydrogen) atoms. The molecule has 0 bridgehead atoms. The second-order valence-electron chi connectivity index (χ2n) is 3.63. The Labute approximate surface area is 93.5 Å². The Balaban J connectivity index is 1.93. The highest BCUT2D eigenvalue weighted by Gasteiger charge is 2.09. The van der Waals surface area contributed by atoms with Crippen molar-refractivity contribution < 1.29 is 5.11 Å². The van der Waals surface area contributed by atoms with Crippen LogP contribution in [0, 0.1) is 0 Å². The number of aliphatic hydroxyl groups is 1. The van der Waals surface area contributed by atoms with E-state index in [9.17, 15) is 5.11 Å². The molecule has 6 heteroatoms. The SMILES string of the molecule is CCC(O)c1cn(CCn2ccnc2)nn1. The van der Waals surface area contributed by atoms with Crippen LogP contribution >= 0.6 is 0 Å². The maximum atomic E-state index is 9.56. The molecule has 0 saturated heterocycles. The summed E-state index contributed by atoms with van der Waals surface area (Å²) in [5.41, 5.74) is 0.633. The number of imidazole rings is 1. The van der Waals surface area contributed by atoms with Gasteiger partial charge in [0.2, 0.25) is 0 Å². The Hall–Kier alpha value is -1.69. The first-order valence-electron chi connectivity index (χ1n) is 5.33. The lowest BCUT2D eigenvalue weighted by Gasteiger charge is -2.02. The van der Waals surface area contributed by atoms with Crippen LogP contribution in [-0.2, 0) is 13.1 Å². The summed E-state index contributed by atoms with van der Waals surface area (Å²) in [5.74, 6) is 0. The summed E-state index contributed by atoms with van der Waals surface area (Å²) >= 11 is 0. The zero-order valence-electron chi connectivity index (χ0n) is 9.19. The summed E-state index contributed by atoms with van der Waals surface area (Å²) in [6.07, 6.45) is 7.33. The summed E-state index contributed by atoms with van der Waals surface area (Å²) < 4.78 is 3.70. The molecule has 1 N–H and O–H groups in total. The molecule has 6 nitrogen and oxygen atoms in total. The fourth-order valence-corrected chi connectivity index (χ4v) is 1.42. The highest BCUT2D eigenvalue weighted by Crippen LogP contribution is 2.11. The lowest BCUT2D eigenvalue weighted by atomic mass is 10.2. The van der Waals surface area contributed by atoms with E-state index in [0.717, 1.165) is 13.1 Å². The smallest absolute Gasteiger partial charge is 0.111 e. The van der Waals surface area contributed by atoms with Crippen molar-refractivity contribution in [3.05, 3.63) is 30.6 Å².